The van der Waals surface area contributed by atoms with Gasteiger partial charge in [-0.05, 0) is 42.5 Å². The van der Waals surface area contributed by atoms with Crippen LogP contribution in [0.5, 0.6) is 0 Å². The van der Waals surface area contributed by atoms with E-state index in [0.717, 1.165) is 31.0 Å². The predicted molar refractivity (Wildman–Crippen MR) is 87.5 cm³/mol. The van der Waals surface area contributed by atoms with Crippen LogP contribution in [-0.2, 0) is 9.53 Å². The van der Waals surface area contributed by atoms with E-state index in [-0.39, 0.29) is 5.91 Å². The molecule has 1 aromatic carbocycles. The Kier molecular flexibility index (Phi) is 8.49. The fourth-order valence-electron chi connectivity index (χ4n) is 1.60. The molecule has 1 amide bonds. The highest BCUT2D eigenvalue weighted by molar-refractivity contribution is 7.99. The number of carbonyl (C=O) groups excluding carboxylic acids is 1. The standard InChI is InChI=1S/C14H21ClN2O2S/c1-19-7-3-9-20-8-2-4-14(18)17-13-6-5-11(15)10-12(13)16/h5-6,10H,2-4,7-9,16H2,1H3,(H,17,18). The van der Waals surface area contributed by atoms with E-state index in [2.05, 4.69) is 5.32 Å². The number of hydrogen-bond acceptors (Lipinski definition) is 4. The van der Waals surface area contributed by atoms with Crippen molar-refractivity contribution in [3.63, 3.8) is 0 Å². The molecule has 1 rings (SSSR count). The van der Waals surface area contributed by atoms with Crippen LogP contribution >= 0.6 is 23.4 Å². The van der Waals surface area contributed by atoms with Gasteiger partial charge in [0.15, 0.2) is 0 Å². The molecule has 0 unspecified atom stereocenters. The molecule has 0 aliphatic rings. The average molecular weight is 317 g/mol. The predicted octanol–water partition coefficient (Wildman–Crippen LogP) is 3.41. The molecule has 20 heavy (non-hydrogen) atoms. The highest BCUT2D eigenvalue weighted by Crippen LogP contribution is 2.22. The number of anilines is 2. The molecule has 0 bridgehead atoms. The van der Waals surface area contributed by atoms with Crippen LogP contribution in [0.1, 0.15) is 19.3 Å². The highest BCUT2D eigenvalue weighted by Gasteiger charge is 2.05. The summed E-state index contributed by atoms with van der Waals surface area (Å²) in [6.45, 7) is 0.795. The maximum absolute atomic E-state index is 11.8. The van der Waals surface area contributed by atoms with Gasteiger partial charge < -0.3 is 15.8 Å². The van der Waals surface area contributed by atoms with Gasteiger partial charge in [0.1, 0.15) is 0 Å². The molecule has 0 radical (unpaired) electrons. The number of benzene rings is 1. The normalized spacial score (nSPS) is 10.5. The number of thioether (sulfide) groups is 1. The third kappa shape index (κ3) is 7.03. The maximum Gasteiger partial charge on any atom is 0.224 e. The van der Waals surface area contributed by atoms with Crippen molar-refractivity contribution in [1.82, 2.24) is 0 Å². The van der Waals surface area contributed by atoms with E-state index in [9.17, 15) is 4.79 Å². The highest BCUT2D eigenvalue weighted by atomic mass is 35.5. The Hall–Kier alpha value is -0.910. The molecule has 0 aliphatic carbocycles. The molecular formula is C14H21ClN2O2S. The van der Waals surface area contributed by atoms with Gasteiger partial charge in [-0.1, -0.05) is 11.6 Å². The first kappa shape index (κ1) is 17.1. The second kappa shape index (κ2) is 9.91. The molecule has 0 aromatic heterocycles. The number of nitrogens with two attached hydrogens (primary N) is 1. The van der Waals surface area contributed by atoms with E-state index in [1.807, 2.05) is 11.8 Å². The monoisotopic (exact) mass is 316 g/mol. The Labute approximate surface area is 129 Å². The summed E-state index contributed by atoms with van der Waals surface area (Å²) >= 11 is 7.65. The molecular weight excluding hydrogens is 296 g/mol. The Morgan fingerprint density at radius 3 is 2.85 bits per heavy atom. The topological polar surface area (TPSA) is 64.3 Å². The lowest BCUT2D eigenvalue weighted by atomic mass is 10.2. The number of ether oxygens (including phenoxy) is 1. The number of amides is 1. The quantitative estimate of drug-likeness (QED) is 0.541. The van der Waals surface area contributed by atoms with Crippen molar-refractivity contribution in [2.45, 2.75) is 19.3 Å². The van der Waals surface area contributed by atoms with Crippen LogP contribution in [0.25, 0.3) is 0 Å². The number of rotatable bonds is 9. The summed E-state index contributed by atoms with van der Waals surface area (Å²) in [5.41, 5.74) is 6.88. The number of nitrogen functional groups attached to an aromatic ring is 1. The van der Waals surface area contributed by atoms with E-state index in [1.165, 1.54) is 0 Å². The SMILES string of the molecule is COCCCSCCCC(=O)Nc1ccc(Cl)cc1N. The van der Waals surface area contributed by atoms with Gasteiger partial charge in [-0.2, -0.15) is 11.8 Å². The molecule has 0 aliphatic heterocycles. The molecule has 6 heteroatoms. The van der Waals surface area contributed by atoms with Gasteiger partial charge in [0.05, 0.1) is 11.4 Å². The minimum atomic E-state index is -0.0171. The fourth-order valence-corrected chi connectivity index (χ4v) is 2.66. The smallest absolute Gasteiger partial charge is 0.224 e. The van der Waals surface area contributed by atoms with Gasteiger partial charge in [-0.3, -0.25) is 4.79 Å². The van der Waals surface area contributed by atoms with Gasteiger partial charge in [0.2, 0.25) is 5.91 Å². The van der Waals surface area contributed by atoms with Crippen molar-refractivity contribution in [2.75, 3.05) is 36.3 Å². The molecule has 0 atom stereocenters. The van der Waals surface area contributed by atoms with Crippen LogP contribution in [-0.4, -0.2) is 31.1 Å². The van der Waals surface area contributed by atoms with Crippen molar-refractivity contribution in [1.29, 1.82) is 0 Å². The zero-order chi connectivity index (χ0) is 14.8. The first-order valence-corrected chi connectivity index (χ1v) is 8.08. The molecule has 0 saturated heterocycles. The number of nitrogens with one attached hydrogen (secondary N) is 1. The summed E-state index contributed by atoms with van der Waals surface area (Å²) in [6, 6.07) is 5.05. The molecule has 112 valence electrons. The summed E-state index contributed by atoms with van der Waals surface area (Å²) in [5.74, 6) is 2.03. The van der Waals surface area contributed by atoms with E-state index >= 15 is 0 Å². The third-order valence-corrected chi connectivity index (χ3v) is 4.01. The van der Waals surface area contributed by atoms with Gasteiger partial charge in [-0.15, -0.1) is 0 Å². The van der Waals surface area contributed by atoms with Gasteiger partial charge in [0.25, 0.3) is 0 Å². The molecule has 3 N–H and O–H groups in total. The minimum absolute atomic E-state index is 0.0171. The molecule has 0 saturated carbocycles. The third-order valence-electron chi connectivity index (χ3n) is 2.62. The summed E-state index contributed by atoms with van der Waals surface area (Å²) in [7, 11) is 1.71. The molecule has 1 aromatic rings. The first-order valence-electron chi connectivity index (χ1n) is 6.55. The van der Waals surface area contributed by atoms with Gasteiger partial charge in [-0.25, -0.2) is 0 Å². The zero-order valence-corrected chi connectivity index (χ0v) is 13.2. The number of carbonyl (C=O) groups is 1. The fraction of sp³-hybridized carbons (Fsp3) is 0.500. The van der Waals surface area contributed by atoms with Crippen LogP contribution < -0.4 is 11.1 Å². The minimum Gasteiger partial charge on any atom is -0.397 e. The van der Waals surface area contributed by atoms with Gasteiger partial charge in [0, 0.05) is 25.2 Å². The van der Waals surface area contributed by atoms with E-state index in [4.69, 9.17) is 22.1 Å². The Balaban J connectivity index is 2.17. The van der Waals surface area contributed by atoms with Crippen molar-refractivity contribution < 1.29 is 9.53 Å². The average Bonchev–Trinajstić information content (AvgIpc) is 2.41. The van der Waals surface area contributed by atoms with Crippen molar-refractivity contribution in [3.05, 3.63) is 23.2 Å². The maximum atomic E-state index is 11.8. The molecule has 0 fully saturated rings. The lowest BCUT2D eigenvalue weighted by Gasteiger charge is -2.08. The molecule has 0 heterocycles. The summed E-state index contributed by atoms with van der Waals surface area (Å²) in [6.07, 6.45) is 2.41. The Morgan fingerprint density at radius 1 is 1.40 bits per heavy atom. The summed E-state index contributed by atoms with van der Waals surface area (Å²) in [5, 5.41) is 3.36. The zero-order valence-electron chi connectivity index (χ0n) is 11.7. The Morgan fingerprint density at radius 2 is 2.15 bits per heavy atom. The number of halogens is 1. The summed E-state index contributed by atoms with van der Waals surface area (Å²) in [4.78, 5) is 11.8. The van der Waals surface area contributed by atoms with E-state index in [0.29, 0.717) is 22.8 Å². The van der Waals surface area contributed by atoms with Crippen LogP contribution in [0.3, 0.4) is 0 Å². The van der Waals surface area contributed by atoms with Crippen LogP contribution in [0.15, 0.2) is 18.2 Å². The van der Waals surface area contributed by atoms with Crippen LogP contribution in [0.4, 0.5) is 11.4 Å². The van der Waals surface area contributed by atoms with Crippen molar-refractivity contribution in [3.8, 4) is 0 Å². The van der Waals surface area contributed by atoms with Crippen LogP contribution in [0.2, 0.25) is 5.02 Å². The van der Waals surface area contributed by atoms with E-state index < -0.39 is 0 Å². The number of hydrogen-bond donors (Lipinski definition) is 2. The second-order valence-corrected chi connectivity index (χ2v) is 6.00. The number of methoxy groups -OCH3 is 1. The van der Waals surface area contributed by atoms with Gasteiger partial charge >= 0.3 is 0 Å². The van der Waals surface area contributed by atoms with Crippen LogP contribution in [0, 0.1) is 0 Å². The lowest BCUT2D eigenvalue weighted by molar-refractivity contribution is -0.116. The second-order valence-electron chi connectivity index (χ2n) is 4.34. The van der Waals surface area contributed by atoms with Crippen molar-refractivity contribution >= 4 is 40.6 Å². The first-order chi connectivity index (χ1) is 9.63. The summed E-state index contributed by atoms with van der Waals surface area (Å²) < 4.78 is 4.97. The van der Waals surface area contributed by atoms with Crippen molar-refractivity contribution in [2.24, 2.45) is 0 Å². The molecule has 0 spiro atoms. The Bertz CT molecular complexity index is 430. The molecule has 4 nitrogen and oxygen atoms in total. The lowest BCUT2D eigenvalue weighted by Crippen LogP contribution is -2.12. The largest absolute Gasteiger partial charge is 0.397 e. The van der Waals surface area contributed by atoms with E-state index in [1.54, 1.807) is 25.3 Å².